The zero-order valence-electron chi connectivity index (χ0n) is 11.3. The van der Waals surface area contributed by atoms with Crippen molar-refractivity contribution >= 4 is 11.3 Å². The number of thiophene rings is 1. The first kappa shape index (κ1) is 14.2. The summed E-state index contributed by atoms with van der Waals surface area (Å²) in [6, 6.07) is 2.37. The Morgan fingerprint density at radius 1 is 1.16 bits per heavy atom. The number of halogens is 2. The van der Waals surface area contributed by atoms with Crippen LogP contribution in [0.1, 0.15) is 35.2 Å². The van der Waals surface area contributed by atoms with Crippen LogP contribution < -0.4 is 5.32 Å². The minimum absolute atomic E-state index is 0.114. The van der Waals surface area contributed by atoms with E-state index in [1.54, 1.807) is 18.3 Å². The molecule has 1 atom stereocenters. The smallest absolute Gasteiger partial charge is 0.134 e. The van der Waals surface area contributed by atoms with Crippen LogP contribution >= 0.6 is 11.3 Å². The van der Waals surface area contributed by atoms with E-state index in [0.29, 0.717) is 12.1 Å². The van der Waals surface area contributed by atoms with Gasteiger partial charge in [0.25, 0.3) is 0 Å². The van der Waals surface area contributed by atoms with Crippen molar-refractivity contribution in [3.8, 4) is 0 Å². The molecule has 0 amide bonds. The Hall–Kier alpha value is -1.26. The number of hydrogen-bond donors (Lipinski definition) is 1. The van der Waals surface area contributed by atoms with Gasteiger partial charge in [0.2, 0.25) is 0 Å². The molecule has 0 aliphatic rings. The first-order chi connectivity index (χ1) is 9.06. The Morgan fingerprint density at radius 2 is 1.89 bits per heavy atom. The van der Waals surface area contributed by atoms with Crippen LogP contribution in [0.2, 0.25) is 0 Å². The highest BCUT2D eigenvalue weighted by Gasteiger charge is 2.24. The van der Waals surface area contributed by atoms with E-state index < -0.39 is 17.7 Å². The van der Waals surface area contributed by atoms with E-state index in [2.05, 4.69) is 5.32 Å². The van der Waals surface area contributed by atoms with Crippen molar-refractivity contribution in [1.82, 2.24) is 5.32 Å². The standard InChI is InChI=1S/C15H17F2NS/c1-4-18-15(11-8-19-7-10(11)3)13-12(16)6-5-9(2)14(13)17/h5-8,15,18H,4H2,1-3H3. The third-order valence-electron chi connectivity index (χ3n) is 3.22. The van der Waals surface area contributed by atoms with Gasteiger partial charge in [0, 0.05) is 5.56 Å². The molecule has 1 heterocycles. The second kappa shape index (κ2) is 5.80. The highest BCUT2D eigenvalue weighted by atomic mass is 32.1. The first-order valence-corrected chi connectivity index (χ1v) is 7.21. The lowest BCUT2D eigenvalue weighted by Gasteiger charge is -2.20. The van der Waals surface area contributed by atoms with E-state index in [1.807, 2.05) is 24.6 Å². The van der Waals surface area contributed by atoms with Gasteiger partial charge in [-0.2, -0.15) is 11.3 Å². The molecule has 2 aromatic rings. The SMILES string of the molecule is CCNC(c1cscc1C)c1c(F)ccc(C)c1F. The van der Waals surface area contributed by atoms with Crippen LogP contribution in [0.5, 0.6) is 0 Å². The molecule has 1 aromatic heterocycles. The second-order valence-corrected chi connectivity index (χ2v) is 5.34. The highest BCUT2D eigenvalue weighted by molar-refractivity contribution is 7.08. The molecule has 1 N–H and O–H groups in total. The van der Waals surface area contributed by atoms with Crippen molar-refractivity contribution < 1.29 is 8.78 Å². The third-order valence-corrected chi connectivity index (χ3v) is 4.10. The molecular formula is C15H17F2NS. The van der Waals surface area contributed by atoms with Gasteiger partial charge in [0.15, 0.2) is 0 Å². The first-order valence-electron chi connectivity index (χ1n) is 6.26. The number of nitrogens with one attached hydrogen (secondary N) is 1. The number of aryl methyl sites for hydroxylation is 2. The Kier molecular flexibility index (Phi) is 4.32. The molecule has 2 rings (SSSR count). The average Bonchev–Trinajstić information content (AvgIpc) is 2.79. The molecule has 0 saturated heterocycles. The third kappa shape index (κ3) is 2.69. The van der Waals surface area contributed by atoms with Crippen molar-refractivity contribution in [1.29, 1.82) is 0 Å². The van der Waals surface area contributed by atoms with Gasteiger partial charge in [-0.1, -0.05) is 13.0 Å². The summed E-state index contributed by atoms with van der Waals surface area (Å²) in [6.07, 6.45) is 0. The van der Waals surface area contributed by atoms with Crippen LogP contribution in [-0.2, 0) is 0 Å². The number of benzene rings is 1. The lowest BCUT2D eigenvalue weighted by Crippen LogP contribution is -2.24. The molecule has 1 aromatic carbocycles. The van der Waals surface area contributed by atoms with Gasteiger partial charge >= 0.3 is 0 Å². The second-order valence-electron chi connectivity index (χ2n) is 4.59. The average molecular weight is 281 g/mol. The van der Waals surface area contributed by atoms with Crippen molar-refractivity contribution in [3.63, 3.8) is 0 Å². The van der Waals surface area contributed by atoms with Gasteiger partial charge in [-0.25, -0.2) is 8.78 Å². The lowest BCUT2D eigenvalue weighted by atomic mass is 9.95. The summed E-state index contributed by atoms with van der Waals surface area (Å²) in [4.78, 5) is 0. The van der Waals surface area contributed by atoms with Gasteiger partial charge in [-0.15, -0.1) is 0 Å². The largest absolute Gasteiger partial charge is 0.306 e. The maximum Gasteiger partial charge on any atom is 0.134 e. The molecule has 0 radical (unpaired) electrons. The Bertz CT molecular complexity index is 578. The van der Waals surface area contributed by atoms with Gasteiger partial charge in [0.05, 0.1) is 6.04 Å². The predicted molar refractivity (Wildman–Crippen MR) is 75.7 cm³/mol. The molecule has 4 heteroatoms. The fourth-order valence-electron chi connectivity index (χ4n) is 2.18. The molecule has 0 bridgehead atoms. The predicted octanol–water partition coefficient (Wildman–Crippen LogP) is 4.34. The van der Waals surface area contributed by atoms with Gasteiger partial charge in [-0.3, -0.25) is 0 Å². The van der Waals surface area contributed by atoms with Crippen LogP contribution in [0, 0.1) is 25.5 Å². The van der Waals surface area contributed by atoms with E-state index in [9.17, 15) is 8.78 Å². The van der Waals surface area contributed by atoms with Crippen molar-refractivity contribution in [2.45, 2.75) is 26.8 Å². The van der Waals surface area contributed by atoms with E-state index in [-0.39, 0.29) is 5.56 Å². The summed E-state index contributed by atoms with van der Waals surface area (Å²) in [5.41, 5.74) is 2.57. The van der Waals surface area contributed by atoms with E-state index >= 15 is 0 Å². The summed E-state index contributed by atoms with van der Waals surface area (Å²) in [7, 11) is 0. The molecule has 102 valence electrons. The molecule has 1 nitrogen and oxygen atoms in total. The zero-order chi connectivity index (χ0) is 14.0. The summed E-state index contributed by atoms with van der Waals surface area (Å²) >= 11 is 1.55. The number of rotatable bonds is 4. The van der Waals surface area contributed by atoms with E-state index in [1.165, 1.54) is 12.1 Å². The van der Waals surface area contributed by atoms with Crippen molar-refractivity contribution in [3.05, 3.63) is 56.8 Å². The van der Waals surface area contributed by atoms with Crippen LogP contribution in [0.25, 0.3) is 0 Å². The fourth-order valence-corrected chi connectivity index (χ4v) is 3.06. The number of hydrogen-bond acceptors (Lipinski definition) is 2. The van der Waals surface area contributed by atoms with Crippen molar-refractivity contribution in [2.75, 3.05) is 6.54 Å². The molecule has 0 saturated carbocycles. The van der Waals surface area contributed by atoms with Crippen molar-refractivity contribution in [2.24, 2.45) is 0 Å². The summed E-state index contributed by atoms with van der Waals surface area (Å²) in [6.45, 7) is 6.19. The van der Waals surface area contributed by atoms with Crippen LogP contribution in [0.15, 0.2) is 22.9 Å². The maximum atomic E-state index is 14.3. The molecule has 0 aliphatic carbocycles. The molecule has 0 spiro atoms. The summed E-state index contributed by atoms with van der Waals surface area (Å²) in [5, 5.41) is 7.12. The monoisotopic (exact) mass is 281 g/mol. The molecular weight excluding hydrogens is 264 g/mol. The lowest BCUT2D eigenvalue weighted by molar-refractivity contribution is 0.506. The molecule has 1 unspecified atom stereocenters. The fraction of sp³-hybridized carbons (Fsp3) is 0.333. The van der Waals surface area contributed by atoms with Crippen LogP contribution in [-0.4, -0.2) is 6.54 Å². The Morgan fingerprint density at radius 3 is 2.47 bits per heavy atom. The Labute approximate surface area is 116 Å². The zero-order valence-corrected chi connectivity index (χ0v) is 12.1. The normalized spacial score (nSPS) is 12.7. The molecule has 19 heavy (non-hydrogen) atoms. The topological polar surface area (TPSA) is 12.0 Å². The minimum atomic E-state index is -0.500. The van der Waals surface area contributed by atoms with E-state index in [4.69, 9.17) is 0 Å². The summed E-state index contributed by atoms with van der Waals surface area (Å²) < 4.78 is 28.3. The van der Waals surface area contributed by atoms with Crippen LogP contribution in [0.4, 0.5) is 8.78 Å². The van der Waals surface area contributed by atoms with Gasteiger partial charge in [0.1, 0.15) is 11.6 Å². The Balaban J connectivity index is 2.57. The highest BCUT2D eigenvalue weighted by Crippen LogP contribution is 2.31. The summed E-state index contributed by atoms with van der Waals surface area (Å²) in [5.74, 6) is -0.962. The van der Waals surface area contributed by atoms with Crippen LogP contribution in [0.3, 0.4) is 0 Å². The van der Waals surface area contributed by atoms with E-state index in [0.717, 1.165) is 11.1 Å². The minimum Gasteiger partial charge on any atom is -0.306 e. The van der Waals surface area contributed by atoms with Gasteiger partial charge < -0.3 is 5.32 Å². The van der Waals surface area contributed by atoms with Gasteiger partial charge in [-0.05, 0) is 53.9 Å². The molecule has 0 fully saturated rings. The maximum absolute atomic E-state index is 14.3. The quantitative estimate of drug-likeness (QED) is 0.879. The molecule has 0 aliphatic heterocycles.